The van der Waals surface area contributed by atoms with Gasteiger partial charge < -0.3 is 19.9 Å². The summed E-state index contributed by atoms with van der Waals surface area (Å²) in [6, 6.07) is 12.7. The zero-order valence-corrected chi connectivity index (χ0v) is 18.5. The molecule has 2 N–H and O–H groups in total. The number of amides is 2. The summed E-state index contributed by atoms with van der Waals surface area (Å²) in [4.78, 5) is 30.6. The van der Waals surface area contributed by atoms with Crippen molar-refractivity contribution in [1.82, 2.24) is 9.88 Å². The number of ether oxygens (including phenoxy) is 1. The summed E-state index contributed by atoms with van der Waals surface area (Å²) >= 11 is 6.21. The molecule has 31 heavy (non-hydrogen) atoms. The van der Waals surface area contributed by atoms with Crippen LogP contribution >= 0.6 is 11.6 Å². The second-order valence-electron chi connectivity index (χ2n) is 8.04. The Morgan fingerprint density at radius 1 is 1.23 bits per heavy atom. The van der Waals surface area contributed by atoms with Crippen LogP contribution in [0.5, 0.6) is 0 Å². The molecule has 162 valence electrons. The van der Waals surface area contributed by atoms with E-state index in [0.717, 1.165) is 34.9 Å². The summed E-state index contributed by atoms with van der Waals surface area (Å²) in [5, 5.41) is 4.31. The average Bonchev–Trinajstić information content (AvgIpc) is 3.26. The van der Waals surface area contributed by atoms with Gasteiger partial charge in [0.15, 0.2) is 0 Å². The molecule has 0 bridgehead atoms. The number of fused-ring (bicyclic) bond motifs is 1. The van der Waals surface area contributed by atoms with Crippen molar-refractivity contribution in [3.05, 3.63) is 74.5 Å². The third-order valence-electron chi connectivity index (χ3n) is 5.73. The van der Waals surface area contributed by atoms with Crippen molar-refractivity contribution >= 4 is 34.2 Å². The number of carbonyl (C=O) groups excluding carboxylic acids is 1. The number of aromatic nitrogens is 1. The van der Waals surface area contributed by atoms with Gasteiger partial charge in [0.25, 0.3) is 5.56 Å². The number of urea groups is 1. The van der Waals surface area contributed by atoms with Crippen LogP contribution < -0.4 is 10.9 Å². The van der Waals surface area contributed by atoms with E-state index in [2.05, 4.69) is 10.3 Å². The number of nitrogens with one attached hydrogen (secondary N) is 2. The van der Waals surface area contributed by atoms with Gasteiger partial charge in [-0.3, -0.25) is 4.79 Å². The van der Waals surface area contributed by atoms with Crippen molar-refractivity contribution in [2.45, 2.75) is 39.3 Å². The Bertz CT molecular complexity index is 1170. The van der Waals surface area contributed by atoms with Gasteiger partial charge >= 0.3 is 6.03 Å². The normalized spacial score (nSPS) is 15.9. The van der Waals surface area contributed by atoms with E-state index >= 15 is 0 Å². The Balaban J connectivity index is 1.65. The van der Waals surface area contributed by atoms with Gasteiger partial charge in [0, 0.05) is 24.1 Å². The molecule has 0 saturated carbocycles. The van der Waals surface area contributed by atoms with Gasteiger partial charge in [-0.1, -0.05) is 35.9 Å². The summed E-state index contributed by atoms with van der Waals surface area (Å²) < 4.78 is 5.75. The number of H-pyrrole nitrogens is 1. The lowest BCUT2D eigenvalue weighted by atomic mass is 10.0. The minimum atomic E-state index is -0.316. The number of anilines is 1. The maximum absolute atomic E-state index is 13.1. The lowest BCUT2D eigenvalue weighted by molar-refractivity contribution is 0.0818. The smallest absolute Gasteiger partial charge is 0.322 e. The molecular formula is C24H26ClN3O3. The van der Waals surface area contributed by atoms with Crippen LogP contribution in [0.3, 0.4) is 0 Å². The molecule has 7 heteroatoms. The molecule has 1 aliphatic heterocycles. The van der Waals surface area contributed by atoms with Gasteiger partial charge in [0.05, 0.1) is 28.9 Å². The fraction of sp³-hybridized carbons (Fsp3) is 0.333. The van der Waals surface area contributed by atoms with E-state index < -0.39 is 0 Å². The van der Waals surface area contributed by atoms with E-state index in [1.54, 1.807) is 23.1 Å². The molecule has 0 aliphatic carbocycles. The molecule has 1 aromatic heterocycles. The fourth-order valence-electron chi connectivity index (χ4n) is 3.95. The van der Waals surface area contributed by atoms with Crippen molar-refractivity contribution in [3.8, 4) is 0 Å². The third kappa shape index (κ3) is 4.75. The van der Waals surface area contributed by atoms with Gasteiger partial charge in [-0.15, -0.1) is 0 Å². The van der Waals surface area contributed by atoms with Crippen LogP contribution in [0, 0.1) is 13.8 Å². The van der Waals surface area contributed by atoms with E-state index in [0.29, 0.717) is 29.4 Å². The standard InChI is InChI=1S/C24H26ClN3O3/c1-15-9-10-16(2)22-19(15)12-17(23(29)27-22)13-28(14-18-6-5-11-31-18)24(30)26-21-8-4-3-7-20(21)25/h3-4,7-10,12,18H,5-6,11,13-14H2,1-2H3,(H,26,30)(H,27,29). The number of benzene rings is 2. The third-order valence-corrected chi connectivity index (χ3v) is 6.06. The first-order chi connectivity index (χ1) is 14.9. The minimum absolute atomic E-state index is 0.0412. The van der Waals surface area contributed by atoms with Gasteiger partial charge in [-0.2, -0.15) is 0 Å². The minimum Gasteiger partial charge on any atom is -0.376 e. The number of nitrogens with zero attached hydrogens (tertiary/aromatic N) is 1. The first-order valence-electron chi connectivity index (χ1n) is 10.5. The Hall–Kier alpha value is -2.83. The topological polar surface area (TPSA) is 74.4 Å². The maximum atomic E-state index is 13.1. The molecule has 6 nitrogen and oxygen atoms in total. The second kappa shape index (κ2) is 9.12. The molecule has 1 saturated heterocycles. The van der Waals surface area contributed by atoms with Crippen molar-refractivity contribution in [2.24, 2.45) is 0 Å². The molecule has 2 aromatic carbocycles. The molecule has 2 heterocycles. The largest absolute Gasteiger partial charge is 0.376 e. The number of aryl methyl sites for hydroxylation is 2. The number of pyridine rings is 1. The monoisotopic (exact) mass is 439 g/mol. The van der Waals surface area contributed by atoms with Gasteiger partial charge in [0.2, 0.25) is 0 Å². The van der Waals surface area contributed by atoms with Gasteiger partial charge in [-0.25, -0.2) is 4.79 Å². The highest BCUT2D eigenvalue weighted by Crippen LogP contribution is 2.23. The van der Waals surface area contributed by atoms with Crippen LogP contribution in [0.1, 0.15) is 29.5 Å². The summed E-state index contributed by atoms with van der Waals surface area (Å²) in [6.07, 6.45) is 1.82. The maximum Gasteiger partial charge on any atom is 0.322 e. The molecule has 0 spiro atoms. The SMILES string of the molecule is Cc1ccc(C)c2[nH]c(=O)c(CN(CC3CCCO3)C(=O)Nc3ccccc3Cl)cc12. The van der Waals surface area contributed by atoms with Crippen LogP contribution in [-0.2, 0) is 11.3 Å². The number of rotatable bonds is 5. The second-order valence-corrected chi connectivity index (χ2v) is 8.44. The Labute approximate surface area is 186 Å². The molecule has 2 amide bonds. The Morgan fingerprint density at radius 3 is 2.74 bits per heavy atom. The molecule has 1 unspecified atom stereocenters. The number of hydrogen-bond acceptors (Lipinski definition) is 3. The quantitative estimate of drug-likeness (QED) is 0.586. The zero-order chi connectivity index (χ0) is 22.0. The summed E-state index contributed by atoms with van der Waals surface area (Å²) in [5.74, 6) is 0. The predicted octanol–water partition coefficient (Wildman–Crippen LogP) is 5.01. The first-order valence-corrected chi connectivity index (χ1v) is 10.8. The van der Waals surface area contributed by atoms with Crippen molar-refractivity contribution in [1.29, 1.82) is 0 Å². The average molecular weight is 440 g/mol. The molecule has 0 radical (unpaired) electrons. The first kappa shape index (κ1) is 21.4. The van der Waals surface area contributed by atoms with Crippen molar-refractivity contribution < 1.29 is 9.53 Å². The number of para-hydroxylation sites is 1. The van der Waals surface area contributed by atoms with E-state index in [1.807, 2.05) is 38.1 Å². The van der Waals surface area contributed by atoms with Crippen LogP contribution in [0.4, 0.5) is 10.5 Å². The van der Waals surface area contributed by atoms with E-state index in [1.165, 1.54) is 0 Å². The molecule has 1 atom stereocenters. The number of hydrogen-bond donors (Lipinski definition) is 2. The lowest BCUT2D eigenvalue weighted by Gasteiger charge is -2.26. The fourth-order valence-corrected chi connectivity index (χ4v) is 4.13. The molecule has 1 fully saturated rings. The van der Waals surface area contributed by atoms with Crippen molar-refractivity contribution in [2.75, 3.05) is 18.5 Å². The highest BCUT2D eigenvalue weighted by Gasteiger charge is 2.24. The van der Waals surface area contributed by atoms with Gasteiger partial charge in [0.1, 0.15) is 0 Å². The highest BCUT2D eigenvalue weighted by molar-refractivity contribution is 6.33. The Morgan fingerprint density at radius 2 is 2.00 bits per heavy atom. The zero-order valence-electron chi connectivity index (χ0n) is 17.7. The van der Waals surface area contributed by atoms with Crippen molar-refractivity contribution in [3.63, 3.8) is 0 Å². The number of aromatic amines is 1. The number of carbonyl (C=O) groups is 1. The predicted molar refractivity (Wildman–Crippen MR) is 124 cm³/mol. The van der Waals surface area contributed by atoms with E-state index in [-0.39, 0.29) is 24.2 Å². The van der Waals surface area contributed by atoms with Gasteiger partial charge in [-0.05, 0) is 56.0 Å². The summed E-state index contributed by atoms with van der Waals surface area (Å²) in [7, 11) is 0. The van der Waals surface area contributed by atoms with Crippen LogP contribution in [0.25, 0.3) is 10.9 Å². The molecular weight excluding hydrogens is 414 g/mol. The lowest BCUT2D eigenvalue weighted by Crippen LogP contribution is -2.40. The van der Waals surface area contributed by atoms with E-state index in [9.17, 15) is 9.59 Å². The summed E-state index contributed by atoms with van der Waals surface area (Å²) in [6.45, 7) is 5.26. The van der Waals surface area contributed by atoms with Crippen LogP contribution in [-0.4, -0.2) is 35.2 Å². The Kier molecular flexibility index (Phi) is 6.30. The van der Waals surface area contributed by atoms with E-state index in [4.69, 9.17) is 16.3 Å². The molecule has 1 aliphatic rings. The molecule has 4 rings (SSSR count). The van der Waals surface area contributed by atoms with Crippen LogP contribution in [0.15, 0.2) is 47.3 Å². The highest BCUT2D eigenvalue weighted by atomic mass is 35.5. The molecule has 3 aromatic rings. The number of halogens is 1. The summed E-state index contributed by atoms with van der Waals surface area (Å²) in [5.41, 5.74) is 3.80. The van der Waals surface area contributed by atoms with Crippen LogP contribution in [0.2, 0.25) is 5.02 Å².